The molecule has 0 aliphatic heterocycles. The third-order valence-corrected chi connectivity index (χ3v) is 18.3. The molecule has 104 heavy (non-hydrogen) atoms. The molecule has 0 unspecified atom stereocenters. The number of phenols is 8. The molecular formula is C86H80N8O10. The van der Waals surface area contributed by atoms with E-state index in [4.69, 9.17) is 0 Å². The second-order valence-corrected chi connectivity index (χ2v) is 25.5. The van der Waals surface area contributed by atoms with Crippen LogP contribution < -0.4 is 0 Å². The summed E-state index contributed by atoms with van der Waals surface area (Å²) in [6, 6.07) is 65.8. The number of aromatic nitrogens is 8. The van der Waals surface area contributed by atoms with Crippen LogP contribution in [0.4, 0.5) is 0 Å². The minimum Gasteiger partial charge on any atom is -0.508 e. The van der Waals surface area contributed by atoms with Gasteiger partial charge in [0.1, 0.15) is 46.0 Å². The lowest BCUT2D eigenvalue weighted by molar-refractivity contribution is 0.103. The van der Waals surface area contributed by atoms with Crippen LogP contribution >= 0.6 is 0 Å². The molecule has 1 aliphatic carbocycles. The highest BCUT2D eigenvalue weighted by Crippen LogP contribution is 2.49. The third kappa shape index (κ3) is 18.0. The van der Waals surface area contributed by atoms with Gasteiger partial charge in [-0.1, -0.05) is 198 Å². The van der Waals surface area contributed by atoms with Gasteiger partial charge in [-0.05, 0) is 46.5 Å². The SMILES string of the molecule is CC1c2cc(c(O)cc2O)C(C)c2cc(c(O)cc2O)C(C)c2cc(c(O)cc2O)C(C)c2cc1c(O)cc2O.O=C(c1ccccc1)c1ccccc1.O=C(c1ccccc1)c1ccccc1.c1cn(Cc2ccc(Cn3ccnc3)cc2)cn1.c1cn(Cc2ccc(Cn3ccnc3)cc2)cn1. The third-order valence-electron chi connectivity index (χ3n) is 18.3. The number of fused-ring (bicyclic) bond motifs is 8. The first-order chi connectivity index (χ1) is 50.3. The van der Waals surface area contributed by atoms with Gasteiger partial charge < -0.3 is 59.1 Å². The van der Waals surface area contributed by atoms with Gasteiger partial charge in [-0.3, -0.25) is 9.59 Å². The van der Waals surface area contributed by atoms with E-state index in [0.717, 1.165) is 48.4 Å². The van der Waals surface area contributed by atoms with Crippen molar-refractivity contribution in [3.05, 3.63) is 382 Å². The van der Waals surface area contributed by atoms with Gasteiger partial charge in [0.2, 0.25) is 0 Å². The van der Waals surface area contributed by atoms with E-state index in [1.807, 2.05) is 171 Å². The number of rotatable bonds is 12. The number of imidazole rings is 4. The monoisotopic (exact) mass is 1380 g/mol. The molecular weight excluding hydrogens is 1300 g/mol. The smallest absolute Gasteiger partial charge is 0.193 e. The summed E-state index contributed by atoms with van der Waals surface area (Å²) >= 11 is 0. The number of benzene rings is 10. The molecule has 18 heteroatoms. The number of ketones is 2. The normalized spacial score (nSPS) is 14.1. The lowest BCUT2D eigenvalue weighted by atomic mass is 9.81. The molecule has 524 valence electrons. The lowest BCUT2D eigenvalue weighted by Crippen LogP contribution is -2.07. The van der Waals surface area contributed by atoms with Gasteiger partial charge in [0.25, 0.3) is 0 Å². The van der Waals surface area contributed by atoms with Crippen molar-refractivity contribution in [2.24, 2.45) is 0 Å². The summed E-state index contributed by atoms with van der Waals surface area (Å²) in [4.78, 5) is 39.8. The summed E-state index contributed by atoms with van der Waals surface area (Å²) in [6.45, 7) is 10.5. The Hall–Kier alpha value is -13.2. The molecule has 0 spiro atoms. The Kier molecular flexibility index (Phi) is 23.4. The number of aromatic hydroxyl groups is 8. The summed E-state index contributed by atoms with van der Waals surface area (Å²) in [5.74, 6) is -3.84. The fourth-order valence-electron chi connectivity index (χ4n) is 12.4. The first kappa shape index (κ1) is 72.0. The van der Waals surface area contributed by atoms with Crippen molar-refractivity contribution in [2.45, 2.75) is 77.5 Å². The second-order valence-electron chi connectivity index (χ2n) is 25.5. The Morgan fingerprint density at radius 1 is 0.269 bits per heavy atom. The molecule has 4 heterocycles. The lowest BCUT2D eigenvalue weighted by Gasteiger charge is -2.25. The maximum absolute atomic E-state index is 11.8. The Morgan fingerprint density at radius 3 is 0.596 bits per heavy atom. The van der Waals surface area contributed by atoms with E-state index >= 15 is 0 Å². The number of hydrogen-bond donors (Lipinski definition) is 8. The van der Waals surface area contributed by atoms with Crippen LogP contribution in [-0.2, 0) is 26.2 Å². The summed E-state index contributed by atoms with van der Waals surface area (Å²) in [6.07, 6.45) is 22.4. The summed E-state index contributed by atoms with van der Waals surface area (Å²) < 4.78 is 8.24. The van der Waals surface area contributed by atoms with Gasteiger partial charge in [-0.15, -0.1) is 0 Å². The number of hydrogen-bond acceptors (Lipinski definition) is 14. The molecule has 1 aliphatic rings. The molecule has 4 aromatic heterocycles. The molecule has 0 fully saturated rings. The number of carbonyl (C=O) groups excluding carboxylic acids is 2. The Balaban J connectivity index is 0.000000141. The highest BCUT2D eigenvalue weighted by molar-refractivity contribution is 6.09. The predicted molar refractivity (Wildman–Crippen MR) is 400 cm³/mol. The zero-order valence-corrected chi connectivity index (χ0v) is 57.8. The van der Waals surface area contributed by atoms with Crippen LogP contribution in [0.1, 0.15) is 150 Å². The average molecular weight is 1390 g/mol. The minimum atomic E-state index is -0.598. The van der Waals surface area contributed by atoms with E-state index < -0.39 is 23.7 Å². The zero-order valence-electron chi connectivity index (χ0n) is 57.8. The van der Waals surface area contributed by atoms with Crippen molar-refractivity contribution in [3.8, 4) is 46.0 Å². The van der Waals surface area contributed by atoms with Gasteiger partial charge in [0.15, 0.2) is 11.6 Å². The Labute approximate surface area is 603 Å². The van der Waals surface area contributed by atoms with Gasteiger partial charge in [-0.2, -0.15) is 0 Å². The maximum atomic E-state index is 11.8. The van der Waals surface area contributed by atoms with Crippen LogP contribution in [0.2, 0.25) is 0 Å². The van der Waals surface area contributed by atoms with E-state index in [2.05, 4.69) is 86.7 Å². The van der Waals surface area contributed by atoms with Gasteiger partial charge in [0, 0.05) is 190 Å². The summed E-state index contributed by atoms with van der Waals surface area (Å²) in [7, 11) is 0. The first-order valence-corrected chi connectivity index (χ1v) is 33.9. The fraction of sp³-hybridized carbons (Fsp3) is 0.140. The van der Waals surface area contributed by atoms with E-state index in [0.29, 0.717) is 44.5 Å². The summed E-state index contributed by atoms with van der Waals surface area (Å²) in [5.41, 5.74) is 11.2. The highest BCUT2D eigenvalue weighted by Gasteiger charge is 2.29. The number of carbonyl (C=O) groups is 2. The minimum absolute atomic E-state index is 0.0752. The van der Waals surface area contributed by atoms with Gasteiger partial charge in [0.05, 0.1) is 25.3 Å². The first-order valence-electron chi connectivity index (χ1n) is 33.9. The molecule has 0 atom stereocenters. The van der Waals surface area contributed by atoms with E-state index in [1.54, 1.807) is 76.7 Å². The molecule has 0 saturated carbocycles. The van der Waals surface area contributed by atoms with E-state index in [-0.39, 0.29) is 57.6 Å². The van der Waals surface area contributed by atoms with Crippen molar-refractivity contribution >= 4 is 11.6 Å². The number of phenolic OH excluding ortho intramolecular Hbond substituents is 8. The summed E-state index contributed by atoms with van der Waals surface area (Å²) in [5, 5.41) is 86.5. The van der Waals surface area contributed by atoms with Crippen molar-refractivity contribution in [2.75, 3.05) is 0 Å². The Morgan fingerprint density at radius 2 is 0.442 bits per heavy atom. The van der Waals surface area contributed by atoms with Crippen molar-refractivity contribution in [1.29, 1.82) is 0 Å². The van der Waals surface area contributed by atoms with Crippen molar-refractivity contribution < 1.29 is 50.4 Å². The molecule has 18 nitrogen and oxygen atoms in total. The molecule has 0 saturated heterocycles. The standard InChI is InChI=1S/C32H32O8.2C14H14N4.2C13H10O/c1-13-17-5-19(27(35)9-25(17)33)14(2)21-7-23(31(39)11-29(21)37)16(4)24-8-22(30(38)12-32(24)40)15(3)20-6-18(13)26(34)10-28(20)36;2*1-2-14(10-18-8-6-16-12-18)4-3-13(1)9-17-7-5-15-11-17;2*14-13(11-7-3-1-4-8-11)12-9-5-2-6-10-12/h5-16,33-40H,1-4H3;2*1-8,11-12H,9-10H2;2*1-10H. The molecule has 8 bridgehead atoms. The average Bonchev–Trinajstić information content (AvgIpc) is 0.913. The van der Waals surface area contributed by atoms with Crippen LogP contribution in [0.5, 0.6) is 46.0 Å². The molecule has 10 aromatic carbocycles. The molecule has 8 N–H and O–H groups in total. The fourth-order valence-corrected chi connectivity index (χ4v) is 12.4. The highest BCUT2D eigenvalue weighted by atomic mass is 16.3. The topological polar surface area (TPSA) is 267 Å². The second kappa shape index (κ2) is 33.8. The molecule has 0 amide bonds. The zero-order chi connectivity index (χ0) is 73.2. The van der Waals surface area contributed by atoms with Crippen LogP contribution in [0, 0.1) is 0 Å². The van der Waals surface area contributed by atoms with Crippen LogP contribution in [0.3, 0.4) is 0 Å². The van der Waals surface area contributed by atoms with E-state index in [1.165, 1.54) is 46.5 Å². The van der Waals surface area contributed by atoms with Crippen LogP contribution in [-0.4, -0.2) is 90.6 Å². The maximum Gasteiger partial charge on any atom is 0.193 e. The van der Waals surface area contributed by atoms with E-state index in [9.17, 15) is 50.4 Å². The van der Waals surface area contributed by atoms with Gasteiger partial charge in [-0.25, -0.2) is 19.9 Å². The number of nitrogens with zero attached hydrogens (tertiary/aromatic N) is 8. The van der Waals surface area contributed by atoms with Crippen LogP contribution in [0.15, 0.2) is 293 Å². The predicted octanol–water partition coefficient (Wildman–Crippen LogP) is 16.4. The Bertz CT molecular complexity index is 4340. The van der Waals surface area contributed by atoms with Gasteiger partial charge >= 0.3 is 0 Å². The van der Waals surface area contributed by atoms with Crippen molar-refractivity contribution in [1.82, 2.24) is 38.2 Å². The molecule has 14 aromatic rings. The molecule has 0 radical (unpaired) electrons. The van der Waals surface area contributed by atoms with Crippen LogP contribution in [0.25, 0.3) is 0 Å². The molecule has 15 rings (SSSR count). The largest absolute Gasteiger partial charge is 0.508 e. The van der Waals surface area contributed by atoms with Crippen molar-refractivity contribution in [3.63, 3.8) is 0 Å². The quantitative estimate of drug-likeness (QED) is 0.0529.